The molecule has 6 nitrogen and oxygen atoms in total. The zero-order chi connectivity index (χ0) is 58.5. The van der Waals surface area contributed by atoms with Gasteiger partial charge in [0.15, 0.2) is 0 Å². The molecule has 6 heteroatoms. The van der Waals surface area contributed by atoms with Gasteiger partial charge in [0, 0.05) is 12.8 Å². The summed E-state index contributed by atoms with van der Waals surface area (Å²) in [5.74, 6) is -0.0440. The monoisotopic (exact) mass is 1140 g/mol. The van der Waals surface area contributed by atoms with Gasteiger partial charge in [0.1, 0.15) is 0 Å². The number of nitrogens with one attached hydrogen (secondary N) is 1. The highest BCUT2D eigenvalue weighted by atomic mass is 16.5. The maximum Gasteiger partial charge on any atom is 0.305 e. The number of carbonyl (C=O) groups is 2. The normalized spacial score (nSPS) is 12.6. The van der Waals surface area contributed by atoms with Crippen LogP contribution in [0.1, 0.15) is 418 Å². The van der Waals surface area contributed by atoms with E-state index in [-0.39, 0.29) is 18.5 Å². The number of hydrogen-bond acceptors (Lipinski definition) is 5. The quantitative estimate of drug-likeness (QED) is 0.0320. The third-order valence-corrected chi connectivity index (χ3v) is 17.5. The first-order chi connectivity index (χ1) is 40.0. The lowest BCUT2D eigenvalue weighted by atomic mass is 10.0. The molecule has 0 spiro atoms. The highest BCUT2D eigenvalue weighted by molar-refractivity contribution is 5.76. The molecule has 0 saturated carbocycles. The average molecular weight is 1140 g/mol. The Balaban J connectivity index is 3.39. The third kappa shape index (κ3) is 67.3. The van der Waals surface area contributed by atoms with Gasteiger partial charge >= 0.3 is 5.97 Å². The summed E-state index contributed by atoms with van der Waals surface area (Å²) in [5, 5.41) is 23.3. The summed E-state index contributed by atoms with van der Waals surface area (Å²) in [4.78, 5) is 24.6. The van der Waals surface area contributed by atoms with Crippen molar-refractivity contribution in [1.82, 2.24) is 5.32 Å². The zero-order valence-corrected chi connectivity index (χ0v) is 55.0. The number of unbranched alkanes of at least 4 members (excludes halogenated alkanes) is 57. The molecule has 0 aromatic heterocycles. The topological polar surface area (TPSA) is 95.9 Å². The molecule has 0 aliphatic carbocycles. The molecule has 2 unspecified atom stereocenters. The van der Waals surface area contributed by atoms with Crippen LogP contribution >= 0.6 is 0 Å². The van der Waals surface area contributed by atoms with Gasteiger partial charge in [-0.25, -0.2) is 0 Å². The maximum absolute atomic E-state index is 12.5. The molecule has 0 saturated heterocycles. The summed E-state index contributed by atoms with van der Waals surface area (Å²) in [6, 6.07) is -0.628. The first kappa shape index (κ1) is 79.3. The summed E-state index contributed by atoms with van der Waals surface area (Å²) < 4.78 is 5.49. The second-order valence-electron chi connectivity index (χ2n) is 25.6. The van der Waals surface area contributed by atoms with E-state index in [0.29, 0.717) is 19.4 Å². The zero-order valence-electron chi connectivity index (χ0n) is 55.0. The molecule has 480 valence electrons. The van der Waals surface area contributed by atoms with E-state index in [4.69, 9.17) is 4.74 Å². The summed E-state index contributed by atoms with van der Waals surface area (Å²) in [6.07, 6.45) is 89.9. The lowest BCUT2D eigenvalue weighted by Crippen LogP contribution is -2.45. The summed E-state index contributed by atoms with van der Waals surface area (Å²) in [7, 11) is 0. The van der Waals surface area contributed by atoms with Crippen LogP contribution in [0, 0.1) is 0 Å². The highest BCUT2D eigenvalue weighted by Gasteiger charge is 2.18. The predicted molar refractivity (Wildman–Crippen MR) is 356 cm³/mol. The number of allylic oxidation sites excluding steroid dienone is 3. The van der Waals surface area contributed by atoms with Crippen LogP contribution < -0.4 is 5.32 Å². The van der Waals surface area contributed by atoms with Crippen molar-refractivity contribution in [3.63, 3.8) is 0 Å². The molecular weight excluding hydrogens is 995 g/mol. The number of carbonyl (C=O) groups excluding carboxylic acids is 2. The van der Waals surface area contributed by atoms with Crippen LogP contribution in [0.4, 0.5) is 0 Å². The molecule has 1 amide bonds. The van der Waals surface area contributed by atoms with Gasteiger partial charge in [-0.05, 0) is 57.8 Å². The number of ether oxygens (including phenoxy) is 1. The van der Waals surface area contributed by atoms with Crippen molar-refractivity contribution in [2.75, 3.05) is 13.2 Å². The fourth-order valence-electron chi connectivity index (χ4n) is 11.8. The van der Waals surface area contributed by atoms with Crippen LogP contribution in [0.25, 0.3) is 0 Å². The van der Waals surface area contributed by atoms with E-state index < -0.39 is 12.1 Å². The number of amides is 1. The number of aliphatic hydroxyl groups excluding tert-OH is 2. The van der Waals surface area contributed by atoms with Crippen molar-refractivity contribution < 1.29 is 24.5 Å². The molecule has 0 heterocycles. The molecule has 0 aromatic rings. The van der Waals surface area contributed by atoms with Crippen molar-refractivity contribution in [2.24, 2.45) is 0 Å². The van der Waals surface area contributed by atoms with Gasteiger partial charge in [-0.15, -0.1) is 0 Å². The summed E-state index contributed by atoms with van der Waals surface area (Å²) in [5.41, 5.74) is 0. The average Bonchev–Trinajstić information content (AvgIpc) is 3.47. The molecule has 0 fully saturated rings. The van der Waals surface area contributed by atoms with Crippen molar-refractivity contribution in [3.8, 4) is 0 Å². The van der Waals surface area contributed by atoms with Crippen molar-refractivity contribution in [1.29, 1.82) is 0 Å². The fourth-order valence-corrected chi connectivity index (χ4v) is 11.8. The van der Waals surface area contributed by atoms with Crippen LogP contribution in [0.3, 0.4) is 0 Å². The third-order valence-electron chi connectivity index (χ3n) is 17.5. The number of hydrogen-bond donors (Lipinski definition) is 3. The minimum Gasteiger partial charge on any atom is -0.466 e. The molecule has 3 N–H and O–H groups in total. The Bertz CT molecular complexity index is 1270. The van der Waals surface area contributed by atoms with Gasteiger partial charge in [0.05, 0.1) is 25.4 Å². The van der Waals surface area contributed by atoms with E-state index >= 15 is 0 Å². The van der Waals surface area contributed by atoms with Crippen molar-refractivity contribution in [2.45, 2.75) is 431 Å². The van der Waals surface area contributed by atoms with E-state index in [1.807, 2.05) is 6.08 Å². The smallest absolute Gasteiger partial charge is 0.305 e. The van der Waals surface area contributed by atoms with Crippen LogP contribution in [-0.2, 0) is 14.3 Å². The first-order valence-electron chi connectivity index (χ1n) is 37.1. The van der Waals surface area contributed by atoms with E-state index in [1.54, 1.807) is 6.08 Å². The molecule has 0 aliphatic heterocycles. The Morgan fingerprint density at radius 1 is 0.333 bits per heavy atom. The van der Waals surface area contributed by atoms with E-state index in [9.17, 15) is 19.8 Å². The predicted octanol–water partition coefficient (Wildman–Crippen LogP) is 24.1. The van der Waals surface area contributed by atoms with Gasteiger partial charge in [-0.3, -0.25) is 9.59 Å². The van der Waals surface area contributed by atoms with Gasteiger partial charge < -0.3 is 20.3 Å². The molecular formula is C75H145NO5. The largest absolute Gasteiger partial charge is 0.466 e. The lowest BCUT2D eigenvalue weighted by molar-refractivity contribution is -0.143. The van der Waals surface area contributed by atoms with E-state index in [2.05, 4.69) is 31.3 Å². The van der Waals surface area contributed by atoms with Crippen molar-refractivity contribution in [3.05, 3.63) is 24.3 Å². The Hall–Kier alpha value is -1.66. The fraction of sp³-hybridized carbons (Fsp3) is 0.920. The second kappa shape index (κ2) is 70.8. The Kier molecular flexibility index (Phi) is 69.4. The van der Waals surface area contributed by atoms with Crippen LogP contribution in [0.5, 0.6) is 0 Å². The molecule has 0 rings (SSSR count). The Morgan fingerprint density at radius 2 is 0.580 bits per heavy atom. The van der Waals surface area contributed by atoms with E-state index in [1.165, 1.54) is 353 Å². The first-order valence-corrected chi connectivity index (χ1v) is 37.1. The Morgan fingerprint density at radius 3 is 0.877 bits per heavy atom. The van der Waals surface area contributed by atoms with Crippen molar-refractivity contribution >= 4 is 11.9 Å². The van der Waals surface area contributed by atoms with E-state index in [0.717, 1.165) is 38.5 Å². The number of aliphatic hydroxyl groups is 2. The van der Waals surface area contributed by atoms with Gasteiger partial charge in [0.2, 0.25) is 5.91 Å². The summed E-state index contributed by atoms with van der Waals surface area (Å²) in [6.45, 7) is 4.95. The summed E-state index contributed by atoms with van der Waals surface area (Å²) >= 11 is 0. The maximum atomic E-state index is 12.5. The van der Waals surface area contributed by atoms with Crippen LogP contribution in [0.15, 0.2) is 24.3 Å². The second-order valence-corrected chi connectivity index (χ2v) is 25.6. The van der Waals surface area contributed by atoms with Gasteiger partial charge in [0.25, 0.3) is 0 Å². The van der Waals surface area contributed by atoms with Crippen LogP contribution in [0.2, 0.25) is 0 Å². The van der Waals surface area contributed by atoms with Crippen LogP contribution in [-0.4, -0.2) is 47.4 Å². The minimum absolute atomic E-state index is 0.0185. The molecule has 0 aromatic carbocycles. The molecule has 0 radical (unpaired) electrons. The van der Waals surface area contributed by atoms with Gasteiger partial charge in [-0.1, -0.05) is 372 Å². The molecule has 81 heavy (non-hydrogen) atoms. The Labute approximate surface area is 507 Å². The molecule has 2 atom stereocenters. The molecule has 0 aliphatic rings. The van der Waals surface area contributed by atoms with Gasteiger partial charge in [-0.2, -0.15) is 0 Å². The lowest BCUT2D eigenvalue weighted by Gasteiger charge is -2.20. The number of rotatable bonds is 70. The SMILES string of the molecule is CCCCCCCCCCCCCCCCCCCCCC/C=C/C(O)C(CO)NC(=O)CCCCCCCCCCCCCCC/C=C\CCCCCCCCCCCCCCOC(=O)CCCCCCCCCCCCCCC. The highest BCUT2D eigenvalue weighted by Crippen LogP contribution is 2.19. The molecule has 0 bridgehead atoms. The minimum atomic E-state index is -0.845. The standard InChI is InChI=1S/C75H145NO5/c1-3-5-7-9-11-13-15-17-18-19-20-21-31-34-37-40-44-47-51-55-59-63-67-73(78)72(71-77)76-74(79)68-64-60-56-52-48-45-41-38-35-32-29-27-25-23-22-24-26-28-30-33-36-39-42-46-50-54-58-62-66-70-81-75(80)69-65-61-57-53-49-43-16-14-12-10-8-6-4-2/h22,24,63,67,72-73,77-78H,3-21,23,25-62,64-66,68-71H2,1-2H3,(H,76,79)/b24-22-,67-63+. The number of esters is 1.